The van der Waals surface area contributed by atoms with Gasteiger partial charge in [0.25, 0.3) is 0 Å². The number of aldehydes is 1. The van der Waals surface area contributed by atoms with Gasteiger partial charge < -0.3 is 15.3 Å². The van der Waals surface area contributed by atoms with Crippen LogP contribution in [-0.4, -0.2) is 21.6 Å². The fraction of sp³-hybridized carbons (Fsp3) is 0.125. The molecular weight excluding hydrogens is 160 g/mol. The molecule has 64 valence electrons. The summed E-state index contributed by atoms with van der Waals surface area (Å²) in [7, 11) is 0. The van der Waals surface area contributed by atoms with Crippen LogP contribution in [0.25, 0.3) is 0 Å². The van der Waals surface area contributed by atoms with Gasteiger partial charge in [0.05, 0.1) is 5.56 Å². The fourth-order valence-corrected chi connectivity index (χ4v) is 0.936. The topological polar surface area (TPSA) is 77.8 Å². The molecule has 0 heterocycles. The van der Waals surface area contributed by atoms with Gasteiger partial charge in [-0.3, -0.25) is 4.79 Å². The highest BCUT2D eigenvalue weighted by atomic mass is 16.3. The summed E-state index contributed by atoms with van der Waals surface area (Å²) >= 11 is 0. The second kappa shape index (κ2) is 2.73. The van der Waals surface area contributed by atoms with Gasteiger partial charge in [0, 0.05) is 11.6 Å². The van der Waals surface area contributed by atoms with E-state index in [1.54, 1.807) is 0 Å². The Morgan fingerprint density at radius 2 is 1.83 bits per heavy atom. The zero-order chi connectivity index (χ0) is 9.30. The monoisotopic (exact) mass is 168 g/mol. The first-order chi connectivity index (χ1) is 5.57. The van der Waals surface area contributed by atoms with E-state index in [1.165, 1.54) is 6.92 Å². The van der Waals surface area contributed by atoms with E-state index in [4.69, 9.17) is 15.3 Å². The maximum Gasteiger partial charge on any atom is 0.161 e. The summed E-state index contributed by atoms with van der Waals surface area (Å²) in [6.07, 6.45) is 0.420. The van der Waals surface area contributed by atoms with E-state index in [-0.39, 0.29) is 22.6 Å². The molecule has 0 bridgehead atoms. The van der Waals surface area contributed by atoms with Crippen molar-refractivity contribution in [1.82, 2.24) is 0 Å². The third-order valence-corrected chi connectivity index (χ3v) is 1.67. The van der Waals surface area contributed by atoms with Gasteiger partial charge in [-0.15, -0.1) is 0 Å². The quantitative estimate of drug-likeness (QED) is 0.331. The Bertz CT molecular complexity index is 330. The molecule has 0 saturated heterocycles. The second-order valence-electron chi connectivity index (χ2n) is 2.42. The second-order valence-corrected chi connectivity index (χ2v) is 2.42. The highest BCUT2D eigenvalue weighted by Gasteiger charge is 2.12. The molecular formula is C8H8O4. The number of hydrogen-bond donors (Lipinski definition) is 3. The molecule has 1 rings (SSSR count). The minimum absolute atomic E-state index is 0.00898. The maximum atomic E-state index is 10.4. The Morgan fingerprint density at radius 1 is 1.25 bits per heavy atom. The Balaban J connectivity index is 3.51. The van der Waals surface area contributed by atoms with Gasteiger partial charge in [0.1, 0.15) is 5.75 Å². The minimum atomic E-state index is -0.435. The van der Waals surface area contributed by atoms with Gasteiger partial charge in [-0.25, -0.2) is 0 Å². The van der Waals surface area contributed by atoms with Crippen LogP contribution >= 0.6 is 0 Å². The van der Waals surface area contributed by atoms with Gasteiger partial charge in [-0.2, -0.15) is 0 Å². The van der Waals surface area contributed by atoms with Crippen molar-refractivity contribution in [3.8, 4) is 17.2 Å². The van der Waals surface area contributed by atoms with Crippen molar-refractivity contribution in [1.29, 1.82) is 0 Å². The third kappa shape index (κ3) is 1.07. The van der Waals surface area contributed by atoms with Gasteiger partial charge in [0.15, 0.2) is 17.8 Å². The molecule has 0 atom stereocenters. The summed E-state index contributed by atoms with van der Waals surface area (Å²) in [5, 5.41) is 27.2. The average molecular weight is 168 g/mol. The molecule has 4 nitrogen and oxygen atoms in total. The number of benzene rings is 1. The lowest BCUT2D eigenvalue weighted by molar-refractivity contribution is 0.112. The van der Waals surface area contributed by atoms with Gasteiger partial charge in [0.2, 0.25) is 0 Å². The molecule has 0 aliphatic rings. The lowest BCUT2D eigenvalue weighted by Gasteiger charge is -2.05. The smallest absolute Gasteiger partial charge is 0.161 e. The van der Waals surface area contributed by atoms with Crippen LogP contribution in [0.15, 0.2) is 6.07 Å². The summed E-state index contributed by atoms with van der Waals surface area (Å²) in [6.45, 7) is 1.43. The van der Waals surface area contributed by atoms with Gasteiger partial charge >= 0.3 is 0 Å². The highest BCUT2D eigenvalue weighted by Crippen LogP contribution is 2.35. The third-order valence-electron chi connectivity index (χ3n) is 1.67. The molecule has 0 aliphatic heterocycles. The molecule has 0 saturated carbocycles. The summed E-state index contributed by atoms with van der Waals surface area (Å²) in [5.74, 6) is -1.15. The SMILES string of the molecule is Cc1c(O)c(O)cc(O)c1C=O. The van der Waals surface area contributed by atoms with Gasteiger partial charge in [-0.1, -0.05) is 0 Å². The molecule has 0 amide bonds. The van der Waals surface area contributed by atoms with E-state index >= 15 is 0 Å². The fourth-order valence-electron chi connectivity index (χ4n) is 0.936. The van der Waals surface area contributed by atoms with Crippen LogP contribution in [-0.2, 0) is 0 Å². The van der Waals surface area contributed by atoms with E-state index in [2.05, 4.69) is 0 Å². The van der Waals surface area contributed by atoms with E-state index in [1.807, 2.05) is 0 Å². The van der Waals surface area contributed by atoms with Crippen molar-refractivity contribution in [2.75, 3.05) is 0 Å². The summed E-state index contributed by atoms with van der Waals surface area (Å²) in [6, 6.07) is 0.923. The van der Waals surface area contributed by atoms with Crippen LogP contribution in [0.2, 0.25) is 0 Å². The predicted octanol–water partition coefficient (Wildman–Crippen LogP) is 0.924. The van der Waals surface area contributed by atoms with Crippen molar-refractivity contribution < 1.29 is 20.1 Å². The molecule has 12 heavy (non-hydrogen) atoms. The molecule has 1 aromatic carbocycles. The first-order valence-electron chi connectivity index (χ1n) is 3.27. The number of phenols is 3. The summed E-state index contributed by atoms with van der Waals surface area (Å²) < 4.78 is 0. The van der Waals surface area contributed by atoms with Crippen molar-refractivity contribution in [2.45, 2.75) is 6.92 Å². The molecule has 0 spiro atoms. The molecule has 0 aromatic heterocycles. The Hall–Kier alpha value is -1.71. The van der Waals surface area contributed by atoms with Crippen LogP contribution in [0.4, 0.5) is 0 Å². The highest BCUT2D eigenvalue weighted by molar-refractivity contribution is 5.83. The first kappa shape index (κ1) is 8.39. The standard InChI is InChI=1S/C8H8O4/c1-4-5(3-9)6(10)2-7(11)8(4)12/h2-3,10-12H,1H3. The van der Waals surface area contributed by atoms with Crippen LogP contribution in [0.5, 0.6) is 17.2 Å². The number of carbonyl (C=O) groups excluding carboxylic acids is 1. The van der Waals surface area contributed by atoms with Crippen molar-refractivity contribution in [3.05, 3.63) is 17.2 Å². The Morgan fingerprint density at radius 3 is 2.33 bits per heavy atom. The first-order valence-corrected chi connectivity index (χ1v) is 3.27. The largest absolute Gasteiger partial charge is 0.507 e. The van der Waals surface area contributed by atoms with Crippen LogP contribution < -0.4 is 0 Å². The maximum absolute atomic E-state index is 10.4. The van der Waals surface area contributed by atoms with Crippen LogP contribution in [0.1, 0.15) is 15.9 Å². The number of hydrogen-bond acceptors (Lipinski definition) is 4. The van der Waals surface area contributed by atoms with E-state index in [0.29, 0.717) is 6.29 Å². The number of aromatic hydroxyl groups is 3. The molecule has 0 aliphatic carbocycles. The summed E-state index contributed by atoms with van der Waals surface area (Å²) in [5.41, 5.74) is 0.160. The molecule has 4 heteroatoms. The number of rotatable bonds is 1. The zero-order valence-electron chi connectivity index (χ0n) is 6.40. The van der Waals surface area contributed by atoms with E-state index in [9.17, 15) is 4.79 Å². The van der Waals surface area contributed by atoms with Crippen molar-refractivity contribution in [3.63, 3.8) is 0 Å². The van der Waals surface area contributed by atoms with Crippen molar-refractivity contribution in [2.24, 2.45) is 0 Å². The average Bonchev–Trinajstić information content (AvgIpc) is 2.01. The van der Waals surface area contributed by atoms with Crippen LogP contribution in [0, 0.1) is 6.92 Å². The number of carbonyl (C=O) groups is 1. The predicted molar refractivity (Wildman–Crippen MR) is 41.6 cm³/mol. The molecule has 0 radical (unpaired) electrons. The Kier molecular flexibility index (Phi) is 1.91. The van der Waals surface area contributed by atoms with Gasteiger partial charge in [-0.05, 0) is 6.92 Å². The number of phenolic OH excluding ortho intramolecular Hbond substituents is 3. The van der Waals surface area contributed by atoms with Crippen molar-refractivity contribution >= 4 is 6.29 Å². The molecule has 1 aromatic rings. The van der Waals surface area contributed by atoms with E-state index in [0.717, 1.165) is 6.07 Å². The minimum Gasteiger partial charge on any atom is -0.507 e. The molecule has 0 unspecified atom stereocenters. The molecule has 3 N–H and O–H groups in total. The molecule has 0 fully saturated rings. The lowest BCUT2D eigenvalue weighted by atomic mass is 10.1. The van der Waals surface area contributed by atoms with Crippen LogP contribution in [0.3, 0.4) is 0 Å². The lowest BCUT2D eigenvalue weighted by Crippen LogP contribution is -1.88. The normalized spacial score (nSPS) is 9.75. The zero-order valence-corrected chi connectivity index (χ0v) is 6.40. The summed E-state index contributed by atoms with van der Waals surface area (Å²) in [4.78, 5) is 10.4. The Labute approximate surface area is 68.7 Å². The van der Waals surface area contributed by atoms with E-state index < -0.39 is 5.75 Å².